The van der Waals surface area contributed by atoms with E-state index in [1.54, 1.807) is 0 Å². The number of benzene rings is 2. The Morgan fingerprint density at radius 2 is 1.83 bits per heavy atom. The van der Waals surface area contributed by atoms with Crippen LogP contribution in [0.1, 0.15) is 11.1 Å². The van der Waals surface area contributed by atoms with E-state index in [4.69, 9.17) is 0 Å². The van der Waals surface area contributed by atoms with Gasteiger partial charge in [-0.3, -0.25) is 14.3 Å². The Kier molecular flexibility index (Phi) is 5.40. The van der Waals surface area contributed by atoms with Crippen molar-refractivity contribution in [2.75, 3.05) is 18.8 Å². The van der Waals surface area contributed by atoms with Crippen LogP contribution in [0.4, 0.5) is 4.79 Å². The van der Waals surface area contributed by atoms with Crippen LogP contribution >= 0.6 is 11.8 Å². The molecule has 0 saturated carbocycles. The smallest absolute Gasteiger partial charge is 0.324 e. The van der Waals surface area contributed by atoms with Crippen molar-refractivity contribution in [3.63, 3.8) is 0 Å². The highest BCUT2D eigenvalue weighted by molar-refractivity contribution is 7.99. The molecule has 148 valence electrons. The molecular formula is C22H22N4O2S. The third-order valence-corrected chi connectivity index (χ3v) is 5.88. The van der Waals surface area contributed by atoms with Gasteiger partial charge in [0.1, 0.15) is 0 Å². The summed E-state index contributed by atoms with van der Waals surface area (Å²) in [5.74, 6) is -0.0498. The lowest BCUT2D eigenvalue weighted by molar-refractivity contribution is -0.124. The molecule has 0 radical (unpaired) electrons. The van der Waals surface area contributed by atoms with E-state index < -0.39 is 0 Å². The molecule has 0 aliphatic carbocycles. The lowest BCUT2D eigenvalue weighted by Crippen LogP contribution is -2.35. The van der Waals surface area contributed by atoms with E-state index >= 15 is 0 Å². The van der Waals surface area contributed by atoms with Gasteiger partial charge < -0.3 is 5.32 Å². The first-order chi connectivity index (χ1) is 14.1. The minimum Gasteiger partial charge on any atom is -0.336 e. The van der Waals surface area contributed by atoms with Crippen molar-refractivity contribution in [1.82, 2.24) is 19.8 Å². The van der Waals surface area contributed by atoms with E-state index in [2.05, 4.69) is 53.0 Å². The van der Waals surface area contributed by atoms with E-state index in [1.807, 2.05) is 30.5 Å². The summed E-state index contributed by atoms with van der Waals surface area (Å²) in [5.41, 5.74) is 5.36. The van der Waals surface area contributed by atoms with Gasteiger partial charge in [0.15, 0.2) is 5.16 Å². The summed E-state index contributed by atoms with van der Waals surface area (Å²) in [6, 6.07) is 16.0. The van der Waals surface area contributed by atoms with Gasteiger partial charge in [-0.25, -0.2) is 9.78 Å². The molecule has 4 rings (SSSR count). The first-order valence-corrected chi connectivity index (χ1v) is 10.5. The van der Waals surface area contributed by atoms with Gasteiger partial charge >= 0.3 is 6.03 Å². The molecule has 1 aliphatic rings. The maximum atomic E-state index is 12.5. The van der Waals surface area contributed by atoms with Crippen molar-refractivity contribution >= 4 is 23.7 Å². The Hall–Kier alpha value is -3.06. The van der Waals surface area contributed by atoms with Crippen LogP contribution < -0.4 is 5.32 Å². The fourth-order valence-corrected chi connectivity index (χ4v) is 4.39. The third-order valence-electron chi connectivity index (χ3n) is 4.94. The number of amides is 3. The minimum absolute atomic E-state index is 0.156. The summed E-state index contributed by atoms with van der Waals surface area (Å²) < 4.78 is 2.11. The number of urea groups is 1. The van der Waals surface area contributed by atoms with Crippen molar-refractivity contribution in [2.24, 2.45) is 0 Å². The van der Waals surface area contributed by atoms with E-state index in [-0.39, 0.29) is 17.7 Å². The Morgan fingerprint density at radius 3 is 2.48 bits per heavy atom. The number of carbonyl (C=O) groups is 2. The lowest BCUT2D eigenvalue weighted by Gasteiger charge is -2.17. The number of aryl methyl sites for hydroxylation is 2. The molecule has 1 aromatic heterocycles. The van der Waals surface area contributed by atoms with Crippen LogP contribution in [0.5, 0.6) is 0 Å². The maximum absolute atomic E-state index is 12.5. The largest absolute Gasteiger partial charge is 0.336 e. The molecule has 7 heteroatoms. The van der Waals surface area contributed by atoms with Gasteiger partial charge in [0.25, 0.3) is 0 Å². The second-order valence-electron chi connectivity index (χ2n) is 6.93. The van der Waals surface area contributed by atoms with Crippen molar-refractivity contribution < 1.29 is 9.59 Å². The molecule has 1 fully saturated rings. The van der Waals surface area contributed by atoms with Gasteiger partial charge in [-0.1, -0.05) is 60.3 Å². The van der Waals surface area contributed by atoms with Crippen LogP contribution in [0.3, 0.4) is 0 Å². The van der Waals surface area contributed by atoms with Gasteiger partial charge in [-0.2, -0.15) is 0 Å². The molecule has 6 nitrogen and oxygen atoms in total. The first kappa shape index (κ1) is 19.3. The average molecular weight is 407 g/mol. The van der Waals surface area contributed by atoms with Crippen LogP contribution in [-0.2, 0) is 4.79 Å². The van der Waals surface area contributed by atoms with Crippen LogP contribution in [0.15, 0.2) is 59.9 Å². The Labute approximate surface area is 173 Å². The molecule has 1 saturated heterocycles. The molecular weight excluding hydrogens is 384 g/mol. The molecule has 0 atom stereocenters. The summed E-state index contributed by atoms with van der Waals surface area (Å²) in [4.78, 5) is 30.1. The third kappa shape index (κ3) is 3.78. The highest BCUT2D eigenvalue weighted by Gasteiger charge is 2.27. The number of hydrogen-bond acceptors (Lipinski definition) is 4. The van der Waals surface area contributed by atoms with Crippen molar-refractivity contribution in [1.29, 1.82) is 0 Å². The second-order valence-corrected chi connectivity index (χ2v) is 7.88. The molecule has 2 heterocycles. The predicted octanol–water partition coefficient (Wildman–Crippen LogP) is 3.80. The number of thioether (sulfide) groups is 1. The number of hydrogen-bond donors (Lipinski definition) is 1. The normalized spacial score (nSPS) is 13.6. The number of aromatic nitrogens is 2. The Bertz CT molecular complexity index is 1040. The van der Waals surface area contributed by atoms with Crippen molar-refractivity contribution in [3.05, 3.63) is 65.9 Å². The van der Waals surface area contributed by atoms with Gasteiger partial charge in [-0.05, 0) is 25.0 Å². The van der Waals surface area contributed by atoms with Gasteiger partial charge in [0.05, 0.1) is 23.3 Å². The van der Waals surface area contributed by atoms with E-state index in [0.29, 0.717) is 13.1 Å². The topological polar surface area (TPSA) is 67.2 Å². The summed E-state index contributed by atoms with van der Waals surface area (Å²) >= 11 is 1.35. The van der Waals surface area contributed by atoms with Crippen LogP contribution in [0, 0.1) is 13.8 Å². The molecule has 2 aromatic carbocycles. The van der Waals surface area contributed by atoms with Crippen molar-refractivity contribution in [2.45, 2.75) is 19.0 Å². The number of para-hydroxylation sites is 1. The molecule has 0 bridgehead atoms. The maximum Gasteiger partial charge on any atom is 0.324 e. The number of imide groups is 1. The fraction of sp³-hybridized carbons (Fsp3) is 0.227. The molecule has 3 aromatic rings. The average Bonchev–Trinajstić information content (AvgIpc) is 3.33. The van der Waals surface area contributed by atoms with E-state index in [0.717, 1.165) is 33.2 Å². The number of nitrogens with one attached hydrogen (secondary N) is 1. The van der Waals surface area contributed by atoms with E-state index in [9.17, 15) is 9.59 Å². The van der Waals surface area contributed by atoms with Crippen LogP contribution in [0.2, 0.25) is 0 Å². The van der Waals surface area contributed by atoms with Gasteiger partial charge in [0.2, 0.25) is 5.91 Å². The number of imidazole rings is 1. The SMILES string of the molecule is Cc1cccc(C)c1-n1c(-c2ccccc2)cnc1SCC(=O)N1CCNC1=O. The zero-order valence-corrected chi connectivity index (χ0v) is 17.2. The van der Waals surface area contributed by atoms with E-state index in [1.165, 1.54) is 16.7 Å². The highest BCUT2D eigenvalue weighted by Crippen LogP contribution is 2.32. The second kappa shape index (κ2) is 8.13. The number of carbonyl (C=O) groups excluding carboxylic acids is 2. The molecule has 3 amide bonds. The van der Waals surface area contributed by atoms with Crippen LogP contribution in [0.25, 0.3) is 16.9 Å². The summed E-state index contributed by atoms with van der Waals surface area (Å²) in [6.45, 7) is 5.07. The zero-order chi connectivity index (χ0) is 20.4. The first-order valence-electron chi connectivity index (χ1n) is 9.47. The number of rotatable bonds is 5. The fourth-order valence-electron chi connectivity index (χ4n) is 3.54. The lowest BCUT2D eigenvalue weighted by atomic mass is 10.1. The van der Waals surface area contributed by atoms with Crippen LogP contribution in [-0.4, -0.2) is 45.2 Å². The Balaban J connectivity index is 1.72. The molecule has 29 heavy (non-hydrogen) atoms. The molecule has 1 N–H and O–H groups in total. The summed E-state index contributed by atoms with van der Waals surface area (Å²) in [7, 11) is 0. The quantitative estimate of drug-likeness (QED) is 0.655. The summed E-state index contributed by atoms with van der Waals surface area (Å²) in [5, 5.41) is 3.39. The molecule has 0 unspecified atom stereocenters. The van der Waals surface area contributed by atoms with Gasteiger partial charge in [-0.15, -0.1) is 0 Å². The zero-order valence-electron chi connectivity index (χ0n) is 16.4. The molecule has 1 aliphatic heterocycles. The number of nitrogens with zero attached hydrogens (tertiary/aromatic N) is 3. The molecule has 0 spiro atoms. The standard InChI is InChI=1S/C22H22N4O2S/c1-15-7-6-8-16(2)20(15)26-18(17-9-4-3-5-10-17)13-24-22(26)29-14-19(27)25-12-11-23-21(25)28/h3-10,13H,11-12,14H2,1-2H3,(H,23,28). The van der Waals surface area contributed by atoms with Gasteiger partial charge in [0, 0.05) is 18.7 Å². The van der Waals surface area contributed by atoms with Crippen molar-refractivity contribution in [3.8, 4) is 16.9 Å². The summed E-state index contributed by atoms with van der Waals surface area (Å²) in [6.07, 6.45) is 1.84. The minimum atomic E-state index is -0.321. The predicted molar refractivity (Wildman–Crippen MR) is 114 cm³/mol. The Morgan fingerprint density at radius 1 is 1.10 bits per heavy atom. The highest BCUT2D eigenvalue weighted by atomic mass is 32.2. The monoisotopic (exact) mass is 406 g/mol.